The molecule has 0 bridgehead atoms. The Labute approximate surface area is 131 Å². The van der Waals surface area contributed by atoms with Crippen LogP contribution in [-0.2, 0) is 0 Å². The van der Waals surface area contributed by atoms with Crippen molar-refractivity contribution in [1.29, 1.82) is 0 Å². The third-order valence-corrected chi connectivity index (χ3v) is 4.13. The number of halogens is 1. The summed E-state index contributed by atoms with van der Waals surface area (Å²) >= 11 is 5.98. The van der Waals surface area contributed by atoms with Gasteiger partial charge in [-0.2, -0.15) is 0 Å². The van der Waals surface area contributed by atoms with Crippen LogP contribution in [0.4, 0.5) is 11.6 Å². The quantitative estimate of drug-likeness (QED) is 0.479. The molecule has 4 rings (SSSR count). The fourth-order valence-electron chi connectivity index (χ4n) is 2.57. The van der Waals surface area contributed by atoms with Crippen molar-refractivity contribution in [2.75, 3.05) is 5.32 Å². The minimum Gasteiger partial charge on any atom is -0.358 e. The maximum atomic E-state index is 5.98. The Balaban J connectivity index is 1.79. The number of nitrogens with zero attached hydrogens (tertiary/aromatic N) is 2. The topological polar surface area (TPSA) is 69.4 Å². The molecule has 0 aliphatic heterocycles. The molecule has 0 amide bonds. The lowest BCUT2D eigenvalue weighted by Gasteiger charge is -2.00. The normalized spacial score (nSPS) is 11.4. The van der Waals surface area contributed by atoms with E-state index in [9.17, 15) is 0 Å². The monoisotopic (exact) mass is 311 g/mol. The van der Waals surface area contributed by atoms with Crippen LogP contribution in [-0.4, -0.2) is 19.9 Å². The predicted octanol–water partition coefficient (Wildman–Crippen LogP) is 4.45. The van der Waals surface area contributed by atoms with E-state index in [4.69, 9.17) is 11.6 Å². The van der Waals surface area contributed by atoms with Gasteiger partial charge in [-0.3, -0.25) is 0 Å². The smallest absolute Gasteiger partial charge is 0.205 e. The first kappa shape index (κ1) is 13.2. The van der Waals surface area contributed by atoms with E-state index in [0.717, 1.165) is 27.8 Å². The van der Waals surface area contributed by atoms with Crippen LogP contribution in [0.2, 0.25) is 5.15 Å². The number of nitrogens with one attached hydrogen (secondary N) is 3. The number of rotatable bonds is 2. The molecule has 0 atom stereocenters. The van der Waals surface area contributed by atoms with Crippen molar-refractivity contribution >= 4 is 45.3 Å². The number of hydrogen-bond donors (Lipinski definition) is 3. The highest BCUT2D eigenvalue weighted by Crippen LogP contribution is 2.27. The molecule has 0 spiro atoms. The fourth-order valence-corrected chi connectivity index (χ4v) is 2.72. The number of fused-ring (bicyclic) bond motifs is 2. The number of anilines is 2. The van der Waals surface area contributed by atoms with Crippen LogP contribution < -0.4 is 5.32 Å². The predicted molar refractivity (Wildman–Crippen MR) is 90.0 cm³/mol. The number of benzene rings is 1. The highest BCUT2D eigenvalue weighted by Gasteiger charge is 2.10. The standard InChI is InChI=1S/C16H14ClN5/c1-8-3-4-11-14(9(8)2)22-16(19-11)20-12-7-18-10-5-6-13(17)21-15(10)12/h3-7,18H,1-2H3,(H2,19,20,22). The van der Waals surface area contributed by atoms with Crippen molar-refractivity contribution in [2.45, 2.75) is 13.8 Å². The number of aromatic amines is 2. The summed E-state index contributed by atoms with van der Waals surface area (Å²) in [5, 5.41) is 3.74. The SMILES string of the molecule is Cc1ccc2[nH]c(Nc3c[nH]c4ccc(Cl)nc34)nc2c1C. The summed E-state index contributed by atoms with van der Waals surface area (Å²) in [5.41, 5.74) is 6.96. The molecule has 0 saturated carbocycles. The van der Waals surface area contributed by atoms with Gasteiger partial charge in [0, 0.05) is 6.20 Å². The largest absolute Gasteiger partial charge is 0.358 e. The third kappa shape index (κ3) is 2.02. The van der Waals surface area contributed by atoms with E-state index in [1.54, 1.807) is 6.07 Å². The first-order chi connectivity index (χ1) is 10.6. The number of aryl methyl sites for hydroxylation is 2. The molecule has 0 unspecified atom stereocenters. The molecule has 4 aromatic rings. The molecule has 0 saturated heterocycles. The summed E-state index contributed by atoms with van der Waals surface area (Å²) in [4.78, 5) is 15.4. The highest BCUT2D eigenvalue weighted by molar-refractivity contribution is 6.29. The lowest BCUT2D eigenvalue weighted by Crippen LogP contribution is -1.92. The maximum Gasteiger partial charge on any atom is 0.205 e. The van der Waals surface area contributed by atoms with Crippen molar-refractivity contribution in [3.63, 3.8) is 0 Å². The Morgan fingerprint density at radius 3 is 2.68 bits per heavy atom. The van der Waals surface area contributed by atoms with Crippen LogP contribution in [0.15, 0.2) is 30.5 Å². The van der Waals surface area contributed by atoms with Gasteiger partial charge in [-0.1, -0.05) is 17.7 Å². The summed E-state index contributed by atoms with van der Waals surface area (Å²) in [6.45, 7) is 4.16. The number of hydrogen-bond acceptors (Lipinski definition) is 3. The summed E-state index contributed by atoms with van der Waals surface area (Å²) in [6.07, 6.45) is 1.86. The van der Waals surface area contributed by atoms with Crippen LogP contribution >= 0.6 is 11.6 Å². The second-order valence-electron chi connectivity index (χ2n) is 5.35. The van der Waals surface area contributed by atoms with Gasteiger partial charge < -0.3 is 15.3 Å². The first-order valence-corrected chi connectivity index (χ1v) is 7.36. The average molecular weight is 312 g/mol. The van der Waals surface area contributed by atoms with Gasteiger partial charge in [0.25, 0.3) is 0 Å². The van der Waals surface area contributed by atoms with Gasteiger partial charge in [0.15, 0.2) is 0 Å². The van der Waals surface area contributed by atoms with E-state index < -0.39 is 0 Å². The van der Waals surface area contributed by atoms with Gasteiger partial charge in [-0.25, -0.2) is 9.97 Å². The molecule has 110 valence electrons. The first-order valence-electron chi connectivity index (χ1n) is 6.98. The molecule has 0 radical (unpaired) electrons. The second kappa shape index (κ2) is 4.74. The van der Waals surface area contributed by atoms with Crippen LogP contribution in [0.3, 0.4) is 0 Å². The summed E-state index contributed by atoms with van der Waals surface area (Å²) < 4.78 is 0. The van der Waals surface area contributed by atoms with E-state index >= 15 is 0 Å². The van der Waals surface area contributed by atoms with Crippen molar-refractivity contribution in [1.82, 2.24) is 19.9 Å². The molecule has 5 nitrogen and oxygen atoms in total. The van der Waals surface area contributed by atoms with Crippen LogP contribution in [0.1, 0.15) is 11.1 Å². The Kier molecular flexibility index (Phi) is 2.84. The second-order valence-corrected chi connectivity index (χ2v) is 5.73. The summed E-state index contributed by atoms with van der Waals surface area (Å²) in [5.74, 6) is 0.686. The average Bonchev–Trinajstić information content (AvgIpc) is 3.08. The molecule has 1 aromatic carbocycles. The van der Waals surface area contributed by atoms with Crippen molar-refractivity contribution in [3.05, 3.63) is 46.7 Å². The molecule has 0 aliphatic carbocycles. The molecule has 6 heteroatoms. The Morgan fingerprint density at radius 2 is 1.82 bits per heavy atom. The van der Waals surface area contributed by atoms with Gasteiger partial charge in [0.1, 0.15) is 10.7 Å². The highest BCUT2D eigenvalue weighted by atomic mass is 35.5. The zero-order chi connectivity index (χ0) is 15.3. The molecule has 0 aliphatic rings. The Hall–Kier alpha value is -2.53. The number of pyridine rings is 1. The van der Waals surface area contributed by atoms with Gasteiger partial charge in [0.2, 0.25) is 5.95 Å². The Morgan fingerprint density at radius 1 is 1.00 bits per heavy atom. The molecule has 0 fully saturated rings. The van der Waals surface area contributed by atoms with E-state index in [1.165, 1.54) is 11.1 Å². The van der Waals surface area contributed by atoms with Crippen LogP contribution in [0.5, 0.6) is 0 Å². The summed E-state index contributed by atoms with van der Waals surface area (Å²) in [7, 11) is 0. The van der Waals surface area contributed by atoms with Gasteiger partial charge in [-0.15, -0.1) is 0 Å². The van der Waals surface area contributed by atoms with Crippen LogP contribution in [0, 0.1) is 13.8 Å². The van der Waals surface area contributed by atoms with E-state index in [1.807, 2.05) is 18.3 Å². The van der Waals surface area contributed by atoms with Gasteiger partial charge in [0.05, 0.1) is 22.2 Å². The zero-order valence-corrected chi connectivity index (χ0v) is 12.9. The number of H-pyrrole nitrogens is 2. The molecular formula is C16H14ClN5. The minimum absolute atomic E-state index is 0.464. The number of aromatic nitrogens is 4. The zero-order valence-electron chi connectivity index (χ0n) is 12.2. The molecule has 22 heavy (non-hydrogen) atoms. The molecule has 3 N–H and O–H groups in total. The maximum absolute atomic E-state index is 5.98. The molecular weight excluding hydrogens is 298 g/mol. The van der Waals surface area contributed by atoms with Crippen molar-refractivity contribution < 1.29 is 0 Å². The summed E-state index contributed by atoms with van der Waals surface area (Å²) in [6, 6.07) is 7.80. The van der Waals surface area contributed by atoms with Crippen molar-refractivity contribution in [3.8, 4) is 0 Å². The lowest BCUT2D eigenvalue weighted by molar-refractivity contribution is 1.30. The number of imidazole rings is 1. The fraction of sp³-hybridized carbons (Fsp3) is 0.125. The van der Waals surface area contributed by atoms with E-state index in [-0.39, 0.29) is 0 Å². The van der Waals surface area contributed by atoms with E-state index in [2.05, 4.69) is 45.2 Å². The minimum atomic E-state index is 0.464. The Bertz CT molecular complexity index is 999. The van der Waals surface area contributed by atoms with Crippen molar-refractivity contribution in [2.24, 2.45) is 0 Å². The van der Waals surface area contributed by atoms with Gasteiger partial charge in [-0.05, 0) is 43.2 Å². The molecule has 3 aromatic heterocycles. The van der Waals surface area contributed by atoms with Gasteiger partial charge >= 0.3 is 0 Å². The third-order valence-electron chi connectivity index (χ3n) is 3.92. The van der Waals surface area contributed by atoms with Crippen LogP contribution in [0.25, 0.3) is 22.1 Å². The molecule has 3 heterocycles. The van der Waals surface area contributed by atoms with E-state index in [0.29, 0.717) is 11.1 Å². The lowest BCUT2D eigenvalue weighted by atomic mass is 10.1.